The third-order valence-electron chi connectivity index (χ3n) is 4.29. The van der Waals surface area contributed by atoms with E-state index in [9.17, 15) is 9.18 Å². The summed E-state index contributed by atoms with van der Waals surface area (Å²) in [6.07, 6.45) is -0.233. The molecular formula is C25H34FN3O2. The molecule has 2 aromatic rings. The van der Waals surface area contributed by atoms with Crippen LogP contribution < -0.4 is 10.1 Å². The van der Waals surface area contributed by atoms with Crippen molar-refractivity contribution in [3.05, 3.63) is 65.4 Å². The maximum Gasteiger partial charge on any atom is 0.318 e. The summed E-state index contributed by atoms with van der Waals surface area (Å²) < 4.78 is 179. The highest BCUT2D eigenvalue weighted by atomic mass is 19.1. The highest BCUT2D eigenvalue weighted by molar-refractivity contribution is 5.74. The van der Waals surface area contributed by atoms with Gasteiger partial charge in [-0.25, -0.2) is 9.18 Å². The first-order valence-electron chi connectivity index (χ1n) is 19.3. The smallest absolute Gasteiger partial charge is 0.318 e. The Balaban J connectivity index is 2.09. The van der Waals surface area contributed by atoms with Crippen LogP contribution in [0.15, 0.2) is 48.4 Å². The normalized spacial score (nSPS) is 27.5. The number of amides is 2. The first kappa shape index (κ1) is 8.39. The van der Waals surface area contributed by atoms with E-state index in [0.717, 1.165) is 29.2 Å². The second kappa shape index (κ2) is 11.1. The van der Waals surface area contributed by atoms with E-state index in [1.165, 1.54) is 0 Å². The summed E-state index contributed by atoms with van der Waals surface area (Å²) in [5.74, 6) is -6.13. The van der Waals surface area contributed by atoms with Crippen LogP contribution in [0, 0.1) is 11.7 Å². The number of likely N-dealkylation sites (tertiary alicyclic amines) is 1. The fraction of sp³-hybridized carbons (Fsp3) is 0.480. The van der Waals surface area contributed by atoms with Crippen molar-refractivity contribution >= 4 is 6.03 Å². The summed E-state index contributed by atoms with van der Waals surface area (Å²) in [6.45, 7) is -20.7. The molecule has 5 nitrogen and oxygen atoms in total. The molecule has 1 aliphatic rings. The number of ether oxygens (including phenoxy) is 1. The fourth-order valence-electron chi connectivity index (χ4n) is 2.79. The van der Waals surface area contributed by atoms with Crippen LogP contribution in [0.1, 0.15) is 65.1 Å². The number of nitrogens with one attached hydrogen (secondary N) is 1. The Morgan fingerprint density at radius 2 is 2.00 bits per heavy atom. The molecule has 2 amide bonds. The van der Waals surface area contributed by atoms with Gasteiger partial charge in [0.1, 0.15) is 11.6 Å². The van der Waals surface area contributed by atoms with Crippen LogP contribution in [0.4, 0.5) is 9.18 Å². The van der Waals surface area contributed by atoms with Gasteiger partial charge in [0.05, 0.1) is 20.3 Å². The summed E-state index contributed by atoms with van der Waals surface area (Å²) in [5.41, 5.74) is -1.43. The number of hydrogen-bond donors (Lipinski definition) is 1. The van der Waals surface area contributed by atoms with Gasteiger partial charge in [0.2, 0.25) is 0 Å². The first-order chi connectivity index (χ1) is 22.8. The maximum absolute atomic E-state index is 13.9. The van der Waals surface area contributed by atoms with E-state index in [1.54, 1.807) is 0 Å². The van der Waals surface area contributed by atoms with Crippen molar-refractivity contribution < 1.29 is 41.3 Å². The van der Waals surface area contributed by atoms with Crippen molar-refractivity contribution in [1.29, 1.82) is 0 Å². The molecule has 1 aliphatic heterocycles. The third-order valence-corrected chi connectivity index (χ3v) is 4.29. The molecule has 0 radical (unpaired) electrons. The number of carbonyl (C=O) groups is 1. The molecule has 31 heavy (non-hydrogen) atoms. The van der Waals surface area contributed by atoms with Crippen molar-refractivity contribution in [2.24, 2.45) is 5.89 Å². The van der Waals surface area contributed by atoms with Gasteiger partial charge in [0.25, 0.3) is 0 Å². The van der Waals surface area contributed by atoms with Crippen LogP contribution in [0.3, 0.4) is 0 Å². The van der Waals surface area contributed by atoms with Crippen molar-refractivity contribution in [3.8, 4) is 5.75 Å². The quantitative estimate of drug-likeness (QED) is 0.640. The number of benzene rings is 2. The number of urea groups is 1. The molecule has 1 N–H and O–H groups in total. The SMILES string of the molecule is [2H]c1c([2H])c(C([2H])([2H])NC(=O)N(C2CCN(C([2H])([2H])[2H])CC2)C([2H])([2H])c2ccc(F)cc2)c([2H])c([2H])c1OC([2H])([2H])C([2H])(C([2H])([2H])[2H])C([2H])([2H])[2H]. The van der Waals surface area contributed by atoms with E-state index in [1.807, 2.05) is 5.32 Å². The largest absolute Gasteiger partial charge is 0.493 e. The van der Waals surface area contributed by atoms with Crippen LogP contribution in [0.5, 0.6) is 5.75 Å². The van der Waals surface area contributed by atoms with Gasteiger partial charge in [0.15, 0.2) is 0 Å². The number of piperidine rings is 1. The van der Waals surface area contributed by atoms with Crippen LogP contribution in [-0.4, -0.2) is 48.5 Å². The van der Waals surface area contributed by atoms with E-state index < -0.39 is 99.5 Å². The predicted octanol–water partition coefficient (Wildman–Crippen LogP) is 4.67. The summed E-state index contributed by atoms with van der Waals surface area (Å²) in [4.78, 5) is 15.5. The molecule has 0 saturated carbocycles. The summed E-state index contributed by atoms with van der Waals surface area (Å²) >= 11 is 0. The summed E-state index contributed by atoms with van der Waals surface area (Å²) in [7, 11) is 0. The van der Waals surface area contributed by atoms with E-state index in [0.29, 0.717) is 4.90 Å². The zero-order chi connectivity index (χ0) is 39.5. The molecule has 6 heteroatoms. The standard InChI is InChI=1S/C25H34FN3O2/c1-19(2)18-31-24-10-6-20(7-11-24)16-27-25(30)29(23-12-14-28(3)15-13-23)17-21-4-8-22(26)9-5-21/h4-11,19,23H,12-18H2,1-3H3,(H,27,30)/i1D3,2D3,3D3,6D,7D,10D,11D,16D2,17D2,18D2,19D. The minimum Gasteiger partial charge on any atom is -0.493 e. The molecule has 0 aliphatic carbocycles. The number of nitrogens with zero attached hydrogens (tertiary/aromatic N) is 2. The second-order valence-electron chi connectivity index (χ2n) is 6.55. The van der Waals surface area contributed by atoms with E-state index in [4.69, 9.17) is 32.2 Å². The lowest BCUT2D eigenvalue weighted by Crippen LogP contribution is -2.49. The average molecular weight is 448 g/mol. The van der Waals surface area contributed by atoms with Gasteiger partial charge < -0.3 is 19.9 Å². The Bertz CT molecular complexity index is 1560. The highest BCUT2D eigenvalue weighted by Gasteiger charge is 2.27. The Hall–Kier alpha value is -2.60. The molecule has 1 heterocycles. The van der Waals surface area contributed by atoms with Gasteiger partial charge in [-0.1, -0.05) is 37.9 Å². The Labute approximate surface area is 213 Å². The highest BCUT2D eigenvalue weighted by Crippen LogP contribution is 2.19. The molecular weight excluding hydrogens is 393 g/mol. The molecule has 1 saturated heterocycles. The Morgan fingerprint density at radius 3 is 2.65 bits per heavy atom. The summed E-state index contributed by atoms with van der Waals surface area (Å²) in [6, 6.07) is -3.98. The van der Waals surface area contributed by atoms with Crippen molar-refractivity contribution in [3.63, 3.8) is 0 Å². The van der Waals surface area contributed by atoms with Crippen molar-refractivity contribution in [2.45, 2.75) is 45.6 Å². The second-order valence-corrected chi connectivity index (χ2v) is 6.55. The lowest BCUT2D eigenvalue weighted by molar-refractivity contribution is 0.127. The van der Waals surface area contributed by atoms with Gasteiger partial charge >= 0.3 is 6.03 Å². The molecule has 0 atom stereocenters. The van der Waals surface area contributed by atoms with Crippen LogP contribution in [-0.2, 0) is 13.0 Å². The topological polar surface area (TPSA) is 44.8 Å². The molecule has 3 rings (SSSR count). The first-order valence-corrected chi connectivity index (χ1v) is 9.25. The molecule has 0 aromatic heterocycles. The zero-order valence-corrected chi connectivity index (χ0v) is 16.3. The van der Waals surface area contributed by atoms with Gasteiger partial charge in [0, 0.05) is 32.7 Å². The zero-order valence-electron chi connectivity index (χ0n) is 36.3. The lowest BCUT2D eigenvalue weighted by Gasteiger charge is -2.37. The fourth-order valence-corrected chi connectivity index (χ4v) is 2.79. The average Bonchev–Trinajstić information content (AvgIpc) is 2.96. The predicted molar refractivity (Wildman–Crippen MR) is 121 cm³/mol. The molecule has 0 spiro atoms. The minimum absolute atomic E-state index is 0.116. The third kappa shape index (κ3) is 7.24. The molecule has 2 aromatic carbocycles. The molecule has 168 valence electrons. The van der Waals surface area contributed by atoms with E-state index in [-0.39, 0.29) is 31.5 Å². The van der Waals surface area contributed by atoms with E-state index >= 15 is 0 Å². The number of carbonyl (C=O) groups excluding carboxylic acids is 1. The summed E-state index contributed by atoms with van der Waals surface area (Å²) in [5, 5.41) is 1.85. The molecule has 0 unspecified atom stereocenters. The van der Waals surface area contributed by atoms with Gasteiger partial charge in [-0.15, -0.1) is 0 Å². The monoisotopic (exact) mass is 447 g/mol. The molecule has 1 fully saturated rings. The Kier molecular flexibility index (Phi) is 3.02. The van der Waals surface area contributed by atoms with Crippen molar-refractivity contribution in [2.75, 3.05) is 26.6 Å². The lowest BCUT2D eigenvalue weighted by atomic mass is 10.0. The van der Waals surface area contributed by atoms with Crippen molar-refractivity contribution in [1.82, 2.24) is 15.1 Å². The van der Waals surface area contributed by atoms with Crippen LogP contribution >= 0.6 is 0 Å². The Morgan fingerprint density at radius 1 is 1.29 bits per heavy atom. The molecule has 0 bridgehead atoms. The number of halogens is 1. The maximum atomic E-state index is 13.9. The van der Waals surface area contributed by atoms with Gasteiger partial charge in [-0.2, -0.15) is 0 Å². The van der Waals surface area contributed by atoms with Gasteiger partial charge in [-0.05, 0) is 74.1 Å². The van der Waals surface area contributed by atoms with E-state index in [2.05, 4.69) is 0 Å². The van der Waals surface area contributed by atoms with Crippen LogP contribution in [0.25, 0.3) is 0 Å². The number of hydrogen-bond acceptors (Lipinski definition) is 3. The van der Waals surface area contributed by atoms with Crippen LogP contribution in [0.2, 0.25) is 0 Å². The minimum atomic E-state index is -4.02. The van der Waals surface area contributed by atoms with Gasteiger partial charge in [-0.3, -0.25) is 0 Å². The number of rotatable bonds is 8.